The van der Waals surface area contributed by atoms with E-state index in [0.29, 0.717) is 5.25 Å². The second-order valence-corrected chi connectivity index (χ2v) is 6.24. The molecule has 3 nitrogen and oxygen atoms in total. The van der Waals surface area contributed by atoms with Crippen molar-refractivity contribution in [2.75, 3.05) is 0 Å². The summed E-state index contributed by atoms with van der Waals surface area (Å²) in [5, 5.41) is 19.0. The maximum atomic E-state index is 10.9. The Balaban J connectivity index is 2.39. The topological polar surface area (TPSA) is 57.5 Å². The Bertz CT molecular complexity index is 431. The molecule has 1 heterocycles. The van der Waals surface area contributed by atoms with Crippen molar-refractivity contribution in [2.45, 2.75) is 29.9 Å². The number of carbonyl (C=O) groups is 1. The number of hydrogen-bond donors (Lipinski definition) is 2. The van der Waals surface area contributed by atoms with E-state index < -0.39 is 5.97 Å². The number of benzene rings is 1. The highest BCUT2D eigenvalue weighted by atomic mass is 33.1. The van der Waals surface area contributed by atoms with Gasteiger partial charge in [0.1, 0.15) is 11.3 Å². The lowest BCUT2D eigenvalue weighted by Crippen LogP contribution is -2.10. The number of aromatic carboxylic acids is 1. The summed E-state index contributed by atoms with van der Waals surface area (Å²) in [5.41, 5.74) is 1.03. The van der Waals surface area contributed by atoms with Gasteiger partial charge in [0.25, 0.3) is 0 Å². The normalized spacial score (nSPS) is 19.2. The van der Waals surface area contributed by atoms with Crippen molar-refractivity contribution in [3.63, 3.8) is 0 Å². The fraction of sp³-hybridized carbons (Fsp3) is 0.364. The first-order valence-corrected chi connectivity index (χ1v) is 7.25. The average molecular weight is 256 g/mol. The average Bonchev–Trinajstić information content (AvgIpc) is 2.27. The Labute approximate surface area is 102 Å². The van der Waals surface area contributed by atoms with E-state index in [-0.39, 0.29) is 11.3 Å². The lowest BCUT2D eigenvalue weighted by Gasteiger charge is -2.22. The van der Waals surface area contributed by atoms with Crippen molar-refractivity contribution in [3.05, 3.63) is 23.3 Å². The van der Waals surface area contributed by atoms with Crippen LogP contribution in [-0.2, 0) is 6.42 Å². The van der Waals surface area contributed by atoms with Crippen LogP contribution in [0.1, 0.15) is 29.3 Å². The van der Waals surface area contributed by atoms with E-state index in [2.05, 4.69) is 6.92 Å². The van der Waals surface area contributed by atoms with Crippen molar-refractivity contribution in [1.29, 1.82) is 0 Å². The minimum Gasteiger partial charge on any atom is -0.507 e. The predicted molar refractivity (Wildman–Crippen MR) is 66.3 cm³/mol. The number of fused-ring (bicyclic) bond motifs is 1. The highest BCUT2D eigenvalue weighted by molar-refractivity contribution is 8.77. The zero-order valence-electron chi connectivity index (χ0n) is 8.77. The molecule has 0 fully saturated rings. The zero-order chi connectivity index (χ0) is 11.7. The lowest BCUT2D eigenvalue weighted by molar-refractivity contribution is 0.0693. The van der Waals surface area contributed by atoms with Crippen LogP contribution in [0.15, 0.2) is 17.0 Å². The second-order valence-electron chi connectivity index (χ2n) is 3.70. The molecule has 86 valence electrons. The molecule has 0 bridgehead atoms. The van der Waals surface area contributed by atoms with Gasteiger partial charge < -0.3 is 10.2 Å². The smallest absolute Gasteiger partial charge is 0.339 e. The maximum Gasteiger partial charge on any atom is 0.339 e. The molecule has 0 aromatic heterocycles. The van der Waals surface area contributed by atoms with Crippen LogP contribution in [0, 0.1) is 0 Å². The van der Waals surface area contributed by atoms with Crippen molar-refractivity contribution < 1.29 is 15.0 Å². The minimum atomic E-state index is -1.07. The third kappa shape index (κ3) is 2.15. The van der Waals surface area contributed by atoms with Crippen LogP contribution in [0.5, 0.6) is 5.75 Å². The number of carboxylic acid groups (broad SMARTS) is 1. The molecule has 16 heavy (non-hydrogen) atoms. The van der Waals surface area contributed by atoms with E-state index in [4.69, 9.17) is 5.11 Å². The number of carboxylic acids is 1. The van der Waals surface area contributed by atoms with Gasteiger partial charge in [0.05, 0.1) is 0 Å². The van der Waals surface area contributed by atoms with Gasteiger partial charge in [-0.05, 0) is 30.5 Å². The molecular weight excluding hydrogens is 244 g/mol. The Hall–Kier alpha value is -0.810. The van der Waals surface area contributed by atoms with E-state index in [1.54, 1.807) is 33.7 Å². The van der Waals surface area contributed by atoms with E-state index in [1.165, 1.54) is 0 Å². The summed E-state index contributed by atoms with van der Waals surface area (Å²) in [6, 6.07) is 3.16. The molecule has 1 aliphatic heterocycles. The van der Waals surface area contributed by atoms with E-state index in [9.17, 15) is 9.90 Å². The number of rotatable bonds is 2. The number of aromatic hydroxyl groups is 1. The molecule has 5 heteroatoms. The zero-order valence-corrected chi connectivity index (χ0v) is 10.4. The molecule has 0 spiro atoms. The summed E-state index contributed by atoms with van der Waals surface area (Å²) < 4.78 is 0. The largest absolute Gasteiger partial charge is 0.507 e. The summed E-state index contributed by atoms with van der Waals surface area (Å²) in [4.78, 5) is 11.9. The third-order valence-electron chi connectivity index (χ3n) is 2.59. The van der Waals surface area contributed by atoms with E-state index in [1.807, 2.05) is 0 Å². The summed E-state index contributed by atoms with van der Waals surface area (Å²) in [7, 11) is 3.41. The minimum absolute atomic E-state index is 0.00102. The highest BCUT2D eigenvalue weighted by Gasteiger charge is 2.22. The van der Waals surface area contributed by atoms with Crippen LogP contribution in [0.3, 0.4) is 0 Å². The van der Waals surface area contributed by atoms with Gasteiger partial charge in [-0.25, -0.2) is 4.79 Å². The van der Waals surface area contributed by atoms with Crippen molar-refractivity contribution in [3.8, 4) is 5.75 Å². The summed E-state index contributed by atoms with van der Waals surface area (Å²) in [6.45, 7) is 2.13. The summed E-state index contributed by atoms with van der Waals surface area (Å²) in [5.74, 6) is -1.22. The SMILES string of the molecule is CCC1Cc2cc(C(=O)O)c(O)cc2SS1. The molecule has 0 radical (unpaired) electrons. The Morgan fingerprint density at radius 1 is 1.56 bits per heavy atom. The summed E-state index contributed by atoms with van der Waals surface area (Å²) >= 11 is 0. The van der Waals surface area contributed by atoms with Gasteiger partial charge in [0.2, 0.25) is 0 Å². The predicted octanol–water partition coefficient (Wildman–Crippen LogP) is 3.17. The van der Waals surface area contributed by atoms with Crippen LogP contribution in [0.2, 0.25) is 0 Å². The number of hydrogen-bond acceptors (Lipinski definition) is 4. The van der Waals surface area contributed by atoms with E-state index >= 15 is 0 Å². The Morgan fingerprint density at radius 2 is 2.31 bits per heavy atom. The van der Waals surface area contributed by atoms with Gasteiger partial charge in [0.15, 0.2) is 0 Å². The van der Waals surface area contributed by atoms with Crippen molar-refractivity contribution in [2.24, 2.45) is 0 Å². The van der Waals surface area contributed by atoms with Gasteiger partial charge in [-0.3, -0.25) is 0 Å². The van der Waals surface area contributed by atoms with E-state index in [0.717, 1.165) is 23.3 Å². The second kappa shape index (κ2) is 4.59. The van der Waals surface area contributed by atoms with Gasteiger partial charge in [0, 0.05) is 10.1 Å². The molecule has 0 amide bonds. The molecule has 1 aromatic rings. The highest BCUT2D eigenvalue weighted by Crippen LogP contribution is 2.45. The molecule has 1 unspecified atom stereocenters. The van der Waals surface area contributed by atoms with Gasteiger partial charge in [-0.1, -0.05) is 28.5 Å². The fourth-order valence-corrected chi connectivity index (χ4v) is 4.46. The maximum absolute atomic E-state index is 10.9. The molecular formula is C11H12O3S2. The van der Waals surface area contributed by atoms with Crippen LogP contribution in [0.25, 0.3) is 0 Å². The molecule has 1 atom stereocenters. The van der Waals surface area contributed by atoms with Gasteiger partial charge in [-0.15, -0.1) is 0 Å². The van der Waals surface area contributed by atoms with Crippen molar-refractivity contribution >= 4 is 27.6 Å². The molecule has 0 saturated carbocycles. The van der Waals surface area contributed by atoms with Crippen LogP contribution in [0.4, 0.5) is 0 Å². The van der Waals surface area contributed by atoms with Crippen LogP contribution < -0.4 is 0 Å². The van der Waals surface area contributed by atoms with Gasteiger partial charge >= 0.3 is 5.97 Å². The quantitative estimate of drug-likeness (QED) is 0.796. The Morgan fingerprint density at radius 3 is 2.94 bits per heavy atom. The molecule has 0 aliphatic carbocycles. The monoisotopic (exact) mass is 256 g/mol. The van der Waals surface area contributed by atoms with Crippen molar-refractivity contribution in [1.82, 2.24) is 0 Å². The molecule has 2 N–H and O–H groups in total. The summed E-state index contributed by atoms with van der Waals surface area (Å²) in [6.07, 6.45) is 1.95. The lowest BCUT2D eigenvalue weighted by atomic mass is 10.0. The first-order valence-electron chi connectivity index (χ1n) is 5.04. The van der Waals surface area contributed by atoms with Crippen LogP contribution >= 0.6 is 21.6 Å². The van der Waals surface area contributed by atoms with Crippen LogP contribution in [-0.4, -0.2) is 21.4 Å². The fourth-order valence-electron chi connectivity index (χ4n) is 1.63. The number of phenols is 1. The molecule has 1 aliphatic rings. The standard InChI is InChI=1S/C11H12O3S2/c1-2-7-3-6-4-8(11(13)14)9(12)5-10(6)16-15-7/h4-5,7,12H,2-3H2,1H3,(H,13,14). The molecule has 1 aromatic carbocycles. The Kier molecular flexibility index (Phi) is 3.35. The third-order valence-corrected chi connectivity index (χ3v) is 5.66. The first-order chi connectivity index (χ1) is 7.61. The van der Waals surface area contributed by atoms with Gasteiger partial charge in [-0.2, -0.15) is 0 Å². The molecule has 0 saturated heterocycles. The molecule has 2 rings (SSSR count). The first kappa shape index (κ1) is 11.7.